The Morgan fingerprint density at radius 1 is 0.353 bits per heavy atom. The van der Waals surface area contributed by atoms with Gasteiger partial charge >= 0.3 is 0 Å². The van der Waals surface area contributed by atoms with Gasteiger partial charge < -0.3 is 0 Å². The molecule has 0 heteroatoms. The molecule has 0 N–H and O–H groups in total. The summed E-state index contributed by atoms with van der Waals surface area (Å²) in [5, 5.41) is 0. The van der Waals surface area contributed by atoms with E-state index in [0.717, 1.165) is 0 Å². The summed E-state index contributed by atoms with van der Waals surface area (Å²) in [5.41, 5.74) is 16.2. The molecular formula is C34H28. The summed E-state index contributed by atoms with van der Waals surface area (Å²) in [6, 6.07) is 40.3. The van der Waals surface area contributed by atoms with Crippen LogP contribution in [0.3, 0.4) is 0 Å². The standard InChI is InChI=1S/C34H28/c1-22-19-31(28-16-10-4-7-13-25(22)28)34(32-20-23(2)26-14-8-5-11-17-29(26)32)33-21-24(3)27-15-9-6-12-18-30(27)33/h4-21,34H,1-3H3. The van der Waals surface area contributed by atoms with Crippen molar-refractivity contribution in [1.29, 1.82) is 0 Å². The smallest absolute Gasteiger partial charge is 0.0358 e. The van der Waals surface area contributed by atoms with Gasteiger partial charge in [-0.2, -0.15) is 0 Å². The minimum atomic E-state index is 0.149. The highest BCUT2D eigenvalue weighted by Gasteiger charge is 2.30. The van der Waals surface area contributed by atoms with E-state index >= 15 is 0 Å². The molecule has 0 bridgehead atoms. The molecule has 0 saturated heterocycles. The van der Waals surface area contributed by atoms with Crippen molar-refractivity contribution in [3.05, 3.63) is 143 Å². The van der Waals surface area contributed by atoms with E-state index < -0.39 is 0 Å². The Hall–Kier alpha value is -3.90. The molecule has 0 amide bonds. The van der Waals surface area contributed by atoms with E-state index in [0.29, 0.717) is 0 Å². The number of fused-ring (bicyclic) bond motifs is 3. The number of hydrogen-bond donors (Lipinski definition) is 0. The highest BCUT2D eigenvalue weighted by molar-refractivity contribution is 5.84. The Balaban J connectivity index is 1.71. The zero-order chi connectivity index (χ0) is 23.2. The van der Waals surface area contributed by atoms with Crippen LogP contribution in [-0.2, 0) is 0 Å². The Morgan fingerprint density at radius 3 is 0.912 bits per heavy atom. The van der Waals surface area contributed by atoms with Gasteiger partial charge in [0.15, 0.2) is 0 Å². The van der Waals surface area contributed by atoms with E-state index in [9.17, 15) is 0 Å². The summed E-state index contributed by atoms with van der Waals surface area (Å²) in [5.74, 6) is 0.149. The van der Waals surface area contributed by atoms with Crippen LogP contribution in [0.5, 0.6) is 0 Å². The van der Waals surface area contributed by atoms with Crippen LogP contribution in [-0.4, -0.2) is 0 Å². The Kier molecular flexibility index (Phi) is 4.96. The van der Waals surface area contributed by atoms with Crippen LogP contribution in [0, 0.1) is 20.8 Å². The van der Waals surface area contributed by atoms with E-state index in [2.05, 4.69) is 130 Å². The van der Waals surface area contributed by atoms with Crippen molar-refractivity contribution in [1.82, 2.24) is 0 Å². The van der Waals surface area contributed by atoms with E-state index in [1.807, 2.05) is 0 Å². The van der Waals surface area contributed by atoms with Gasteiger partial charge in [0.1, 0.15) is 0 Å². The highest BCUT2D eigenvalue weighted by atomic mass is 14.3. The van der Waals surface area contributed by atoms with E-state index in [1.54, 1.807) is 0 Å². The molecule has 0 spiro atoms. The normalized spacial score (nSPS) is 11.6. The molecule has 6 aliphatic carbocycles. The number of rotatable bonds is 3. The second-order valence-corrected chi connectivity index (χ2v) is 9.50. The molecule has 164 valence electrons. The molecule has 0 radical (unpaired) electrons. The maximum absolute atomic E-state index is 2.42. The van der Waals surface area contributed by atoms with Gasteiger partial charge in [-0.25, -0.2) is 0 Å². The average Bonchev–Trinajstić information content (AvgIpc) is 3.18. The molecule has 0 aromatic heterocycles. The maximum atomic E-state index is 2.42. The fraction of sp³-hybridized carbons (Fsp3) is 0.118. The fourth-order valence-corrected chi connectivity index (χ4v) is 5.81. The molecule has 6 rings (SSSR count). The van der Waals surface area contributed by atoms with Gasteiger partial charge in [-0.05, 0) is 87.5 Å². The second kappa shape index (κ2) is 8.15. The van der Waals surface area contributed by atoms with Crippen molar-refractivity contribution in [2.75, 3.05) is 0 Å². The van der Waals surface area contributed by atoms with Crippen LogP contribution >= 0.6 is 0 Å². The molecule has 0 unspecified atom stereocenters. The molecule has 0 nitrogen and oxygen atoms in total. The summed E-state index contributed by atoms with van der Waals surface area (Å²) in [7, 11) is 0. The van der Waals surface area contributed by atoms with Crippen LogP contribution in [0.25, 0.3) is 33.4 Å². The van der Waals surface area contributed by atoms with E-state index in [1.165, 1.54) is 66.8 Å². The topological polar surface area (TPSA) is 0 Å². The molecule has 0 aromatic rings. The molecule has 6 aliphatic rings. The lowest BCUT2D eigenvalue weighted by Gasteiger charge is -2.20. The quantitative estimate of drug-likeness (QED) is 0.259. The van der Waals surface area contributed by atoms with Crippen LogP contribution in [0.2, 0.25) is 0 Å². The molecule has 0 saturated carbocycles. The van der Waals surface area contributed by atoms with Crippen molar-refractivity contribution in [3.8, 4) is 33.4 Å². The monoisotopic (exact) mass is 436 g/mol. The van der Waals surface area contributed by atoms with Gasteiger partial charge in [0.05, 0.1) is 0 Å². The third-order valence-electron chi connectivity index (χ3n) is 7.37. The maximum Gasteiger partial charge on any atom is 0.0358 e. The molecule has 0 atom stereocenters. The third kappa shape index (κ3) is 3.22. The zero-order valence-corrected chi connectivity index (χ0v) is 20.0. The minimum absolute atomic E-state index is 0.149. The Morgan fingerprint density at radius 2 is 0.618 bits per heavy atom. The lowest BCUT2D eigenvalue weighted by molar-refractivity contribution is 1.00. The molecule has 0 aromatic carbocycles. The van der Waals surface area contributed by atoms with Gasteiger partial charge in [0.2, 0.25) is 0 Å². The van der Waals surface area contributed by atoms with Crippen molar-refractivity contribution in [2.24, 2.45) is 0 Å². The van der Waals surface area contributed by atoms with Crippen LogP contribution in [0.4, 0.5) is 0 Å². The molecule has 0 aliphatic heterocycles. The SMILES string of the molecule is Cc1cc(C(c2cc(C)c3cccccc2-3)c2cc(C)c3cccccc2-3)c2cccccc1-2. The first-order chi connectivity index (χ1) is 16.6. The summed E-state index contributed by atoms with van der Waals surface area (Å²) >= 11 is 0. The minimum Gasteiger partial charge on any atom is -0.0622 e. The fourth-order valence-electron chi connectivity index (χ4n) is 5.81. The third-order valence-corrected chi connectivity index (χ3v) is 7.37. The second-order valence-electron chi connectivity index (χ2n) is 9.50. The van der Waals surface area contributed by atoms with Gasteiger partial charge in [0.25, 0.3) is 0 Å². The van der Waals surface area contributed by atoms with Gasteiger partial charge in [-0.1, -0.05) is 109 Å². The zero-order valence-electron chi connectivity index (χ0n) is 20.0. The first-order valence-electron chi connectivity index (χ1n) is 12.1. The molecule has 0 fully saturated rings. The summed E-state index contributed by atoms with van der Waals surface area (Å²) < 4.78 is 0. The van der Waals surface area contributed by atoms with Crippen LogP contribution in [0.1, 0.15) is 39.3 Å². The Bertz CT molecular complexity index is 1350. The number of aryl methyl sites for hydroxylation is 3. The van der Waals surface area contributed by atoms with Gasteiger partial charge in [0, 0.05) is 5.92 Å². The van der Waals surface area contributed by atoms with Crippen LogP contribution < -0.4 is 0 Å². The molecule has 34 heavy (non-hydrogen) atoms. The van der Waals surface area contributed by atoms with Gasteiger partial charge in [-0.3, -0.25) is 0 Å². The first kappa shape index (κ1) is 20.7. The summed E-state index contributed by atoms with van der Waals surface area (Å²) in [6.07, 6.45) is 0. The lowest BCUT2D eigenvalue weighted by Crippen LogP contribution is -2.03. The van der Waals surface area contributed by atoms with E-state index in [4.69, 9.17) is 0 Å². The van der Waals surface area contributed by atoms with Crippen molar-refractivity contribution in [2.45, 2.75) is 26.7 Å². The molecule has 0 heterocycles. The predicted octanol–water partition coefficient (Wildman–Crippen LogP) is 9.11. The molecular weight excluding hydrogens is 408 g/mol. The predicted molar refractivity (Wildman–Crippen MR) is 144 cm³/mol. The van der Waals surface area contributed by atoms with Crippen LogP contribution in [0.15, 0.2) is 109 Å². The van der Waals surface area contributed by atoms with Crippen molar-refractivity contribution in [3.63, 3.8) is 0 Å². The lowest BCUT2D eigenvalue weighted by atomic mass is 9.82. The largest absolute Gasteiger partial charge is 0.0622 e. The van der Waals surface area contributed by atoms with Gasteiger partial charge in [-0.15, -0.1) is 0 Å². The summed E-state index contributed by atoms with van der Waals surface area (Å²) in [6.45, 7) is 6.72. The average molecular weight is 437 g/mol. The number of hydrogen-bond acceptors (Lipinski definition) is 0. The highest BCUT2D eigenvalue weighted by Crippen LogP contribution is 2.50. The Labute approximate surface area is 202 Å². The van der Waals surface area contributed by atoms with Crippen molar-refractivity contribution >= 4 is 0 Å². The first-order valence-corrected chi connectivity index (χ1v) is 12.1. The van der Waals surface area contributed by atoms with Crippen molar-refractivity contribution < 1.29 is 0 Å². The summed E-state index contributed by atoms with van der Waals surface area (Å²) in [4.78, 5) is 0. The van der Waals surface area contributed by atoms with E-state index in [-0.39, 0.29) is 5.92 Å².